The Morgan fingerprint density at radius 3 is 0.500 bits per heavy atom. The van der Waals surface area contributed by atoms with Crippen LogP contribution in [-0.2, 0) is 0 Å². The van der Waals surface area contributed by atoms with Gasteiger partial charge in [0.1, 0.15) is 0 Å². The standard InChI is InChI=1S/2C10H24NP.4CH4/c2*1-9(2,3)12(8,11-7)10(4,5)6;;;;/h2*1-8H3;4*1H4. The van der Waals surface area contributed by atoms with E-state index in [2.05, 4.69) is 106 Å². The van der Waals surface area contributed by atoms with E-state index >= 15 is 0 Å². The molecule has 0 fully saturated rings. The van der Waals surface area contributed by atoms with E-state index in [0.29, 0.717) is 20.6 Å². The van der Waals surface area contributed by atoms with E-state index in [4.69, 9.17) is 0 Å². The zero-order valence-corrected chi connectivity index (χ0v) is 21.6. The Hall–Kier alpha value is 0.460. The molecule has 0 aromatic rings. The second kappa shape index (κ2) is 13.0. The first kappa shape index (κ1) is 42.5. The Bertz CT molecular complexity index is 419. The van der Waals surface area contributed by atoms with Gasteiger partial charge in [-0.05, 0) is 48.1 Å². The first-order valence-electron chi connectivity index (χ1n) is 9.08. The maximum atomic E-state index is 4.67. The fraction of sp³-hybridized carbons (Fsp3) is 1.00. The highest BCUT2D eigenvalue weighted by molar-refractivity contribution is 7.68. The zero-order chi connectivity index (χ0) is 20.4. The van der Waals surface area contributed by atoms with Crippen LogP contribution < -0.4 is 0 Å². The zero-order valence-electron chi connectivity index (χ0n) is 19.8. The normalized spacial score (nSPS) is 12.6. The molecule has 0 aromatic carbocycles. The lowest BCUT2D eigenvalue weighted by atomic mass is 10.2. The first-order chi connectivity index (χ1) is 10.1. The lowest BCUT2D eigenvalue weighted by molar-refractivity contribution is 0.697. The Morgan fingerprint density at radius 1 is 0.393 bits per heavy atom. The molecule has 0 heterocycles. The van der Waals surface area contributed by atoms with Gasteiger partial charge in [-0.25, -0.2) is 0 Å². The predicted octanol–water partition coefficient (Wildman–Crippen LogP) is 10.6. The van der Waals surface area contributed by atoms with Gasteiger partial charge in [-0.3, -0.25) is 0 Å². The maximum Gasteiger partial charge on any atom is 0.0262 e. The van der Waals surface area contributed by atoms with Crippen molar-refractivity contribution in [3.05, 3.63) is 0 Å². The molecular weight excluding hydrogens is 378 g/mol. The van der Waals surface area contributed by atoms with E-state index in [9.17, 15) is 0 Å². The molecule has 0 saturated heterocycles. The van der Waals surface area contributed by atoms with Crippen molar-refractivity contribution in [2.24, 2.45) is 9.49 Å². The summed E-state index contributed by atoms with van der Waals surface area (Å²) in [6.07, 6.45) is 0. The number of hydrogen-bond acceptors (Lipinski definition) is 2. The average molecular weight is 443 g/mol. The Balaban J connectivity index is -0.0000000756. The monoisotopic (exact) mass is 442 g/mol. The van der Waals surface area contributed by atoms with Crippen molar-refractivity contribution in [1.82, 2.24) is 0 Å². The van der Waals surface area contributed by atoms with Crippen molar-refractivity contribution >= 4 is 14.1 Å². The van der Waals surface area contributed by atoms with Crippen LogP contribution >= 0.6 is 14.1 Å². The van der Waals surface area contributed by atoms with Gasteiger partial charge >= 0.3 is 0 Å². The highest BCUT2D eigenvalue weighted by Crippen LogP contribution is 2.67. The summed E-state index contributed by atoms with van der Waals surface area (Å²) < 4.78 is 9.35. The molecule has 0 saturated carbocycles. The summed E-state index contributed by atoms with van der Waals surface area (Å²) in [6.45, 7) is 32.4. The van der Waals surface area contributed by atoms with Gasteiger partial charge in [-0.15, -0.1) is 0 Å². The van der Waals surface area contributed by atoms with E-state index in [0.717, 1.165) is 0 Å². The van der Waals surface area contributed by atoms with E-state index in [1.807, 2.05) is 14.1 Å². The number of rotatable bonds is 0. The van der Waals surface area contributed by atoms with Crippen LogP contribution in [0.5, 0.6) is 0 Å². The van der Waals surface area contributed by atoms with Crippen LogP contribution in [0.25, 0.3) is 0 Å². The summed E-state index contributed by atoms with van der Waals surface area (Å²) in [4.78, 5) is 0. The summed E-state index contributed by atoms with van der Waals surface area (Å²) >= 11 is 0. The van der Waals surface area contributed by atoms with Crippen molar-refractivity contribution in [3.8, 4) is 0 Å². The van der Waals surface area contributed by atoms with Gasteiger partial charge in [0.05, 0.1) is 0 Å². The minimum atomic E-state index is -1.19. The van der Waals surface area contributed by atoms with Gasteiger partial charge < -0.3 is 9.49 Å². The van der Waals surface area contributed by atoms with Crippen molar-refractivity contribution in [1.29, 1.82) is 0 Å². The van der Waals surface area contributed by atoms with E-state index in [1.54, 1.807) is 0 Å². The van der Waals surface area contributed by atoms with Crippen molar-refractivity contribution in [3.63, 3.8) is 0 Å². The summed E-state index contributed by atoms with van der Waals surface area (Å²) in [5, 5.41) is 1.33. The third kappa shape index (κ3) is 9.51. The molecule has 0 atom stereocenters. The molecule has 0 rings (SSSR count). The largest absolute Gasteiger partial charge is 0.306 e. The molecule has 0 aliphatic rings. The second-order valence-corrected chi connectivity index (χ2v) is 21.0. The number of nitrogens with zero attached hydrogens (tertiary/aromatic N) is 2. The third-order valence-electron chi connectivity index (χ3n) is 6.02. The summed E-state index contributed by atoms with van der Waals surface area (Å²) in [6, 6.07) is 0. The molecule has 0 spiro atoms. The van der Waals surface area contributed by atoms with Crippen LogP contribution in [0.2, 0.25) is 0 Å². The van der Waals surface area contributed by atoms with Crippen LogP contribution in [0.4, 0.5) is 0 Å². The topological polar surface area (TPSA) is 24.7 Å². The highest BCUT2D eigenvalue weighted by atomic mass is 31.2. The van der Waals surface area contributed by atoms with E-state index in [-0.39, 0.29) is 29.7 Å². The quantitative estimate of drug-likeness (QED) is 0.333. The van der Waals surface area contributed by atoms with Gasteiger partial charge in [-0.2, -0.15) is 0 Å². The first-order valence-corrected chi connectivity index (χ1v) is 13.5. The molecule has 0 aromatic heterocycles. The van der Waals surface area contributed by atoms with Gasteiger partial charge in [0.2, 0.25) is 0 Å². The molecule has 0 bridgehead atoms. The predicted molar refractivity (Wildman–Crippen MR) is 148 cm³/mol. The average Bonchev–Trinajstić information content (AvgIpc) is 2.31. The maximum absolute atomic E-state index is 4.67. The van der Waals surface area contributed by atoms with Crippen LogP contribution in [0.15, 0.2) is 9.49 Å². The molecule has 28 heavy (non-hydrogen) atoms. The summed E-state index contributed by atoms with van der Waals surface area (Å²) in [5.41, 5.74) is 0. The summed E-state index contributed by atoms with van der Waals surface area (Å²) in [7, 11) is 1.57. The Kier molecular flexibility index (Phi) is 19.7. The van der Waals surface area contributed by atoms with Crippen molar-refractivity contribution in [2.75, 3.05) is 27.4 Å². The molecule has 0 aliphatic carbocycles. The molecule has 0 N–H and O–H groups in total. The highest BCUT2D eigenvalue weighted by Gasteiger charge is 2.39. The van der Waals surface area contributed by atoms with Crippen molar-refractivity contribution in [2.45, 2.75) is 133 Å². The Labute approximate surface area is 184 Å². The van der Waals surface area contributed by atoms with Crippen LogP contribution in [0.3, 0.4) is 0 Å². The molecule has 4 heteroatoms. The smallest absolute Gasteiger partial charge is 0.0262 e. The molecule has 0 aliphatic heterocycles. The lowest BCUT2D eigenvalue weighted by Crippen LogP contribution is -2.28. The lowest BCUT2D eigenvalue weighted by Gasteiger charge is -2.43. The molecular formula is C24H64N2P2. The minimum Gasteiger partial charge on any atom is -0.306 e. The van der Waals surface area contributed by atoms with Gasteiger partial charge in [0.25, 0.3) is 0 Å². The molecule has 2 nitrogen and oxygen atoms in total. The van der Waals surface area contributed by atoms with E-state index < -0.39 is 14.1 Å². The van der Waals surface area contributed by atoms with Crippen molar-refractivity contribution < 1.29 is 0 Å². The van der Waals surface area contributed by atoms with Crippen LogP contribution in [0, 0.1) is 0 Å². The molecule has 180 valence electrons. The Morgan fingerprint density at radius 2 is 0.500 bits per heavy atom. The number of hydrogen-bond donors (Lipinski definition) is 0. The van der Waals surface area contributed by atoms with Gasteiger partial charge in [-0.1, -0.05) is 113 Å². The molecule has 0 amide bonds. The van der Waals surface area contributed by atoms with Crippen LogP contribution in [-0.4, -0.2) is 48.0 Å². The third-order valence-corrected chi connectivity index (χ3v) is 18.1. The van der Waals surface area contributed by atoms with Gasteiger partial charge in [0, 0.05) is 14.1 Å². The molecule has 0 radical (unpaired) electrons. The summed E-state index contributed by atoms with van der Waals surface area (Å²) in [5.74, 6) is 0. The second-order valence-electron chi connectivity index (χ2n) is 11.0. The fourth-order valence-electron chi connectivity index (χ4n) is 3.21. The van der Waals surface area contributed by atoms with E-state index in [1.165, 1.54) is 0 Å². The molecule has 0 unspecified atom stereocenters. The van der Waals surface area contributed by atoms with Gasteiger partial charge in [0.15, 0.2) is 0 Å². The SMILES string of the molecule is C.C.C.C.CN=P(C)(C(C)(C)C)C(C)(C)C.CN=P(C)(C(C)(C)C)C(C)(C)C. The fourth-order valence-corrected chi connectivity index (χ4v) is 9.64. The van der Waals surface area contributed by atoms with Crippen LogP contribution in [0.1, 0.15) is 113 Å². The minimum absolute atomic E-state index is 0.